The second-order valence-corrected chi connectivity index (χ2v) is 12.7. The van der Waals surface area contributed by atoms with Crippen molar-refractivity contribution in [3.63, 3.8) is 0 Å². The molecule has 0 radical (unpaired) electrons. The Hall–Kier alpha value is -4.57. The van der Waals surface area contributed by atoms with Gasteiger partial charge >= 0.3 is 12.1 Å². The molecule has 2 aromatic carbocycles. The molecule has 48 heavy (non-hydrogen) atoms. The number of hydrogen-bond donors (Lipinski definition) is 2. The topological polar surface area (TPSA) is 115 Å². The minimum atomic E-state index is -4.80. The molecule has 13 heteroatoms. The minimum absolute atomic E-state index is 0.00964. The van der Waals surface area contributed by atoms with Gasteiger partial charge in [-0.2, -0.15) is 18.4 Å². The Labute approximate surface area is 274 Å². The number of aryl methyl sites for hydroxylation is 2. The van der Waals surface area contributed by atoms with Crippen LogP contribution < -0.4 is 10.9 Å². The van der Waals surface area contributed by atoms with Crippen molar-refractivity contribution in [1.29, 1.82) is 5.26 Å². The van der Waals surface area contributed by atoms with Crippen LogP contribution in [0, 0.1) is 42.7 Å². The molecule has 8 nitrogen and oxygen atoms in total. The molecule has 256 valence electrons. The van der Waals surface area contributed by atoms with Crippen molar-refractivity contribution in [2.45, 2.75) is 71.6 Å². The van der Waals surface area contributed by atoms with Crippen LogP contribution in [0.2, 0.25) is 0 Å². The quantitative estimate of drug-likeness (QED) is 0.213. The standard InChI is InChI=1S/C35H37F5N4O4/c1-19(2)10-30(44-18-22(6-9-43-7-5-8-43)27(15-31(44)45)35(38,39)40)34(48)42-29(16-32(46)47)26-13-23(11-21(4)33(26)37)25-14-24(17-41)28(36)12-20(25)3/h11-15,18-19,29-30H,5-10,16H2,1-4H3,(H,42,48)(H,46,47)/t29-,30?/m0/s1. The van der Waals surface area contributed by atoms with E-state index in [1.54, 1.807) is 26.8 Å². The highest BCUT2D eigenvalue weighted by molar-refractivity contribution is 5.82. The van der Waals surface area contributed by atoms with Crippen molar-refractivity contribution >= 4 is 11.9 Å². The van der Waals surface area contributed by atoms with Crippen molar-refractivity contribution in [3.05, 3.63) is 91.9 Å². The summed E-state index contributed by atoms with van der Waals surface area (Å²) in [6.45, 7) is 8.36. The molecular formula is C35H37F5N4O4. The number of pyridine rings is 1. The Morgan fingerprint density at radius 1 is 1.06 bits per heavy atom. The van der Waals surface area contributed by atoms with Gasteiger partial charge < -0.3 is 19.9 Å². The molecule has 1 saturated heterocycles. The molecule has 1 aliphatic rings. The van der Waals surface area contributed by atoms with Crippen LogP contribution in [0.4, 0.5) is 22.0 Å². The van der Waals surface area contributed by atoms with Gasteiger partial charge in [-0.3, -0.25) is 14.4 Å². The van der Waals surface area contributed by atoms with Crippen LogP contribution in [-0.4, -0.2) is 46.1 Å². The number of nitrogens with zero attached hydrogens (tertiary/aromatic N) is 3. The summed E-state index contributed by atoms with van der Waals surface area (Å²) in [4.78, 5) is 41.1. The van der Waals surface area contributed by atoms with Crippen molar-refractivity contribution in [2.75, 3.05) is 19.6 Å². The number of hydrogen-bond acceptors (Lipinski definition) is 5. The average molecular weight is 673 g/mol. The number of aliphatic carboxylic acids is 1. The zero-order valence-corrected chi connectivity index (χ0v) is 27.0. The first kappa shape index (κ1) is 36.3. The number of rotatable bonds is 12. The van der Waals surface area contributed by atoms with Gasteiger partial charge in [0.25, 0.3) is 5.56 Å². The molecular weight excluding hydrogens is 635 g/mol. The van der Waals surface area contributed by atoms with Gasteiger partial charge in [0, 0.05) is 24.4 Å². The maximum absolute atomic E-state index is 15.7. The molecule has 1 aromatic heterocycles. The van der Waals surface area contributed by atoms with E-state index < -0.39 is 59.3 Å². The number of nitriles is 1. The van der Waals surface area contributed by atoms with Crippen LogP contribution in [0.3, 0.4) is 0 Å². The highest BCUT2D eigenvalue weighted by atomic mass is 19.4. The Bertz CT molecular complexity index is 1810. The van der Waals surface area contributed by atoms with E-state index >= 15 is 4.39 Å². The Morgan fingerprint density at radius 2 is 1.75 bits per heavy atom. The first-order valence-corrected chi connectivity index (χ1v) is 15.6. The molecule has 0 saturated carbocycles. The van der Waals surface area contributed by atoms with Gasteiger partial charge in [-0.1, -0.05) is 13.8 Å². The number of likely N-dealkylation sites (tertiary alicyclic amines) is 1. The second-order valence-electron chi connectivity index (χ2n) is 12.7. The average Bonchev–Trinajstić information content (AvgIpc) is 2.96. The summed E-state index contributed by atoms with van der Waals surface area (Å²) in [6.07, 6.45) is -3.58. The number of halogens is 5. The Kier molecular flexibility index (Phi) is 11.1. The lowest BCUT2D eigenvalue weighted by Gasteiger charge is -2.31. The third kappa shape index (κ3) is 8.28. The molecule has 3 aromatic rings. The van der Waals surface area contributed by atoms with Gasteiger partial charge in [0.05, 0.1) is 23.6 Å². The molecule has 1 amide bonds. The van der Waals surface area contributed by atoms with E-state index in [1.807, 2.05) is 4.90 Å². The van der Waals surface area contributed by atoms with Crippen molar-refractivity contribution in [2.24, 2.45) is 5.92 Å². The van der Waals surface area contributed by atoms with Crippen molar-refractivity contribution in [3.8, 4) is 17.2 Å². The summed E-state index contributed by atoms with van der Waals surface area (Å²) in [5, 5.41) is 21.7. The van der Waals surface area contributed by atoms with Gasteiger partial charge in [0.1, 0.15) is 23.7 Å². The second kappa shape index (κ2) is 14.7. The normalized spacial score (nSPS) is 14.7. The van der Waals surface area contributed by atoms with Crippen LogP contribution in [0.5, 0.6) is 0 Å². The number of aromatic nitrogens is 1. The third-order valence-electron chi connectivity index (χ3n) is 8.55. The predicted octanol–water partition coefficient (Wildman–Crippen LogP) is 6.47. The lowest BCUT2D eigenvalue weighted by atomic mass is 9.91. The first-order chi connectivity index (χ1) is 22.5. The van der Waals surface area contributed by atoms with E-state index in [9.17, 15) is 42.3 Å². The molecule has 2 atom stereocenters. The number of carbonyl (C=O) groups is 2. The third-order valence-corrected chi connectivity index (χ3v) is 8.55. The van der Waals surface area contributed by atoms with Crippen LogP contribution in [0.25, 0.3) is 11.1 Å². The fourth-order valence-electron chi connectivity index (χ4n) is 5.93. The van der Waals surface area contributed by atoms with Crippen molar-refractivity contribution in [1.82, 2.24) is 14.8 Å². The molecule has 1 fully saturated rings. The van der Waals surface area contributed by atoms with E-state index in [2.05, 4.69) is 5.32 Å². The molecule has 2 heterocycles. The van der Waals surface area contributed by atoms with E-state index in [0.717, 1.165) is 36.3 Å². The van der Waals surface area contributed by atoms with E-state index in [0.29, 0.717) is 29.3 Å². The fraction of sp³-hybridized carbons (Fsp3) is 0.429. The number of benzene rings is 2. The Morgan fingerprint density at radius 3 is 2.31 bits per heavy atom. The van der Waals surface area contributed by atoms with Crippen LogP contribution in [0.15, 0.2) is 41.3 Å². The smallest absolute Gasteiger partial charge is 0.416 e. The molecule has 1 aliphatic heterocycles. The summed E-state index contributed by atoms with van der Waals surface area (Å²) < 4.78 is 72.8. The van der Waals surface area contributed by atoms with Crippen LogP contribution >= 0.6 is 0 Å². The zero-order chi connectivity index (χ0) is 35.5. The molecule has 0 aliphatic carbocycles. The van der Waals surface area contributed by atoms with Gasteiger partial charge in [0.2, 0.25) is 5.91 Å². The van der Waals surface area contributed by atoms with E-state index in [-0.39, 0.29) is 41.0 Å². The van der Waals surface area contributed by atoms with E-state index in [1.165, 1.54) is 25.1 Å². The fourth-order valence-corrected chi connectivity index (χ4v) is 5.93. The van der Waals surface area contributed by atoms with Gasteiger partial charge in [-0.15, -0.1) is 0 Å². The maximum Gasteiger partial charge on any atom is 0.416 e. The number of carbonyl (C=O) groups excluding carboxylic acids is 1. The molecule has 0 bridgehead atoms. The van der Waals surface area contributed by atoms with Crippen LogP contribution in [-0.2, 0) is 22.2 Å². The van der Waals surface area contributed by atoms with E-state index in [4.69, 9.17) is 0 Å². The molecule has 1 unspecified atom stereocenters. The summed E-state index contributed by atoms with van der Waals surface area (Å²) in [5.41, 5.74) is -1.53. The summed E-state index contributed by atoms with van der Waals surface area (Å²) >= 11 is 0. The predicted molar refractivity (Wildman–Crippen MR) is 168 cm³/mol. The molecule has 2 N–H and O–H groups in total. The number of amides is 1. The molecule has 0 spiro atoms. The summed E-state index contributed by atoms with van der Waals surface area (Å²) in [7, 11) is 0. The summed E-state index contributed by atoms with van der Waals surface area (Å²) in [6, 6.07) is 4.63. The van der Waals surface area contributed by atoms with Gasteiger partial charge in [0.15, 0.2) is 0 Å². The number of alkyl halides is 3. The maximum atomic E-state index is 15.7. The zero-order valence-electron chi connectivity index (χ0n) is 27.0. The first-order valence-electron chi connectivity index (χ1n) is 15.6. The largest absolute Gasteiger partial charge is 0.481 e. The highest BCUT2D eigenvalue weighted by Crippen LogP contribution is 2.34. The lowest BCUT2D eigenvalue weighted by Crippen LogP contribution is -2.41. The highest BCUT2D eigenvalue weighted by Gasteiger charge is 2.36. The monoisotopic (exact) mass is 672 g/mol. The molecule has 4 rings (SSSR count). The van der Waals surface area contributed by atoms with Crippen LogP contribution in [0.1, 0.15) is 78.6 Å². The Balaban J connectivity index is 1.78. The van der Waals surface area contributed by atoms with Gasteiger partial charge in [-0.05, 0) is 104 Å². The minimum Gasteiger partial charge on any atom is -0.481 e. The number of carboxylic acids is 1. The summed E-state index contributed by atoms with van der Waals surface area (Å²) in [5.74, 6) is -4.04. The van der Waals surface area contributed by atoms with Gasteiger partial charge in [-0.25, -0.2) is 8.78 Å². The lowest BCUT2D eigenvalue weighted by molar-refractivity contribution is -0.139. The van der Waals surface area contributed by atoms with Crippen molar-refractivity contribution < 1.29 is 36.6 Å². The number of nitrogens with one attached hydrogen (secondary N) is 1. The SMILES string of the molecule is Cc1cc(F)c(C#N)cc1-c1cc(C)c(F)c([C@H](CC(=O)O)NC(=O)C(CC(C)C)n2cc(CCN3CCC3)c(C(F)(F)F)cc2=O)c1. The number of carboxylic acid groups (broad SMARTS) is 1.